The van der Waals surface area contributed by atoms with Crippen molar-refractivity contribution in [2.75, 3.05) is 55.6 Å². The molecule has 0 amide bonds. The van der Waals surface area contributed by atoms with E-state index < -0.39 is 0 Å². The van der Waals surface area contributed by atoms with Crippen LogP contribution in [-0.4, -0.2) is 60.7 Å². The molecule has 2 saturated heterocycles. The molecule has 3 heterocycles. The van der Waals surface area contributed by atoms with Crippen LogP contribution in [-0.2, 0) is 0 Å². The minimum absolute atomic E-state index is 0.882. The fourth-order valence-electron chi connectivity index (χ4n) is 3.09. The second kappa shape index (κ2) is 7.46. The predicted octanol–water partition coefficient (Wildman–Crippen LogP) is 1.61. The van der Waals surface area contributed by atoms with Crippen LogP contribution in [0.1, 0.15) is 26.2 Å². The second-order valence-corrected chi connectivity index (χ2v) is 5.95. The van der Waals surface area contributed by atoms with Crippen molar-refractivity contribution in [1.29, 1.82) is 0 Å². The molecular formula is C17H25N5. The van der Waals surface area contributed by atoms with Crippen molar-refractivity contribution >= 4 is 11.8 Å². The summed E-state index contributed by atoms with van der Waals surface area (Å²) in [6, 6.07) is 2.04. The normalized spacial score (nSPS) is 19.7. The SMILES string of the molecule is CC#CCN1CCN(c2ccnc(N3CCCCC3)n2)CC1. The quantitative estimate of drug-likeness (QED) is 0.793. The van der Waals surface area contributed by atoms with Crippen LogP contribution in [0.5, 0.6) is 0 Å². The Kier molecular flexibility index (Phi) is 5.12. The molecule has 1 aromatic rings. The van der Waals surface area contributed by atoms with Crippen LogP contribution in [0.15, 0.2) is 12.3 Å². The van der Waals surface area contributed by atoms with E-state index in [0.717, 1.165) is 57.6 Å². The molecule has 5 nitrogen and oxygen atoms in total. The van der Waals surface area contributed by atoms with Gasteiger partial charge in [-0.1, -0.05) is 5.92 Å². The molecule has 0 aliphatic carbocycles. The molecule has 0 saturated carbocycles. The third-order valence-electron chi connectivity index (χ3n) is 4.44. The molecule has 2 aliphatic rings. The van der Waals surface area contributed by atoms with Crippen molar-refractivity contribution in [3.05, 3.63) is 12.3 Å². The lowest BCUT2D eigenvalue weighted by atomic mass is 10.1. The number of piperidine rings is 1. The molecule has 3 rings (SSSR count). The van der Waals surface area contributed by atoms with Crippen LogP contribution in [0.4, 0.5) is 11.8 Å². The van der Waals surface area contributed by atoms with E-state index in [2.05, 4.69) is 31.5 Å². The van der Waals surface area contributed by atoms with Gasteiger partial charge in [-0.15, -0.1) is 5.92 Å². The van der Waals surface area contributed by atoms with Gasteiger partial charge in [0.25, 0.3) is 0 Å². The molecule has 0 unspecified atom stereocenters. The Morgan fingerprint density at radius 1 is 1.00 bits per heavy atom. The molecule has 2 fully saturated rings. The summed E-state index contributed by atoms with van der Waals surface area (Å²) in [5.74, 6) is 8.09. The molecule has 0 atom stereocenters. The lowest BCUT2D eigenvalue weighted by Crippen LogP contribution is -2.46. The first-order valence-corrected chi connectivity index (χ1v) is 8.32. The molecule has 0 spiro atoms. The van der Waals surface area contributed by atoms with Gasteiger partial charge in [-0.05, 0) is 32.3 Å². The average molecular weight is 299 g/mol. The zero-order valence-corrected chi connectivity index (χ0v) is 13.5. The Hall–Kier alpha value is -1.80. The van der Waals surface area contributed by atoms with Crippen molar-refractivity contribution < 1.29 is 0 Å². The third kappa shape index (κ3) is 3.69. The van der Waals surface area contributed by atoms with Gasteiger partial charge in [0.15, 0.2) is 0 Å². The van der Waals surface area contributed by atoms with Gasteiger partial charge in [0, 0.05) is 45.5 Å². The van der Waals surface area contributed by atoms with Crippen molar-refractivity contribution in [1.82, 2.24) is 14.9 Å². The summed E-state index contributed by atoms with van der Waals surface area (Å²) >= 11 is 0. The van der Waals surface area contributed by atoms with E-state index in [-0.39, 0.29) is 0 Å². The van der Waals surface area contributed by atoms with E-state index in [1.165, 1.54) is 19.3 Å². The average Bonchev–Trinajstić information content (AvgIpc) is 2.61. The minimum atomic E-state index is 0.882. The zero-order chi connectivity index (χ0) is 15.2. The van der Waals surface area contributed by atoms with Crippen molar-refractivity contribution in [2.24, 2.45) is 0 Å². The highest BCUT2D eigenvalue weighted by Crippen LogP contribution is 2.19. The Morgan fingerprint density at radius 2 is 1.77 bits per heavy atom. The second-order valence-electron chi connectivity index (χ2n) is 5.95. The fraction of sp³-hybridized carbons (Fsp3) is 0.647. The van der Waals surface area contributed by atoms with E-state index in [1.54, 1.807) is 0 Å². The van der Waals surface area contributed by atoms with Gasteiger partial charge >= 0.3 is 0 Å². The van der Waals surface area contributed by atoms with Crippen LogP contribution in [0.2, 0.25) is 0 Å². The highest BCUT2D eigenvalue weighted by atomic mass is 15.3. The maximum atomic E-state index is 4.80. The van der Waals surface area contributed by atoms with E-state index in [4.69, 9.17) is 4.98 Å². The van der Waals surface area contributed by atoms with Crippen molar-refractivity contribution in [3.8, 4) is 11.8 Å². The molecule has 1 aromatic heterocycles. The summed E-state index contributed by atoms with van der Waals surface area (Å²) < 4.78 is 0. The lowest BCUT2D eigenvalue weighted by Gasteiger charge is -2.35. The molecule has 22 heavy (non-hydrogen) atoms. The van der Waals surface area contributed by atoms with Crippen molar-refractivity contribution in [3.63, 3.8) is 0 Å². The zero-order valence-electron chi connectivity index (χ0n) is 13.5. The van der Waals surface area contributed by atoms with E-state index in [9.17, 15) is 0 Å². The summed E-state index contributed by atoms with van der Waals surface area (Å²) in [4.78, 5) is 16.4. The maximum absolute atomic E-state index is 4.80. The smallest absolute Gasteiger partial charge is 0.227 e. The summed E-state index contributed by atoms with van der Waals surface area (Å²) in [6.45, 7) is 9.10. The molecule has 0 radical (unpaired) electrons. The number of rotatable bonds is 3. The van der Waals surface area contributed by atoms with Crippen molar-refractivity contribution in [2.45, 2.75) is 26.2 Å². The Labute approximate surface area is 133 Å². The first-order chi connectivity index (χ1) is 10.9. The van der Waals surface area contributed by atoms with Gasteiger partial charge in [-0.3, -0.25) is 4.90 Å². The highest BCUT2D eigenvalue weighted by molar-refractivity contribution is 5.44. The third-order valence-corrected chi connectivity index (χ3v) is 4.44. The molecule has 5 heteroatoms. The molecule has 118 valence electrons. The number of hydrogen-bond donors (Lipinski definition) is 0. The minimum Gasteiger partial charge on any atom is -0.354 e. The van der Waals surface area contributed by atoms with Crippen LogP contribution in [0, 0.1) is 11.8 Å². The lowest BCUT2D eigenvalue weighted by molar-refractivity contribution is 0.287. The Bertz CT molecular complexity index is 533. The summed E-state index contributed by atoms with van der Waals surface area (Å²) in [5, 5.41) is 0. The van der Waals surface area contributed by atoms with E-state index in [0.29, 0.717) is 0 Å². The van der Waals surface area contributed by atoms with Gasteiger partial charge in [-0.25, -0.2) is 4.98 Å². The summed E-state index contributed by atoms with van der Waals surface area (Å²) in [6.07, 6.45) is 5.75. The van der Waals surface area contributed by atoms with E-state index >= 15 is 0 Å². The number of anilines is 2. The van der Waals surface area contributed by atoms with Gasteiger partial charge in [-0.2, -0.15) is 4.98 Å². The first-order valence-electron chi connectivity index (χ1n) is 8.32. The molecule has 0 aromatic carbocycles. The van der Waals surface area contributed by atoms with Crippen LogP contribution < -0.4 is 9.80 Å². The molecule has 0 bridgehead atoms. The maximum Gasteiger partial charge on any atom is 0.227 e. The Morgan fingerprint density at radius 3 is 2.50 bits per heavy atom. The number of hydrogen-bond acceptors (Lipinski definition) is 5. The monoisotopic (exact) mass is 299 g/mol. The van der Waals surface area contributed by atoms with Crippen LogP contribution in [0.25, 0.3) is 0 Å². The van der Waals surface area contributed by atoms with Gasteiger partial charge < -0.3 is 9.80 Å². The molecular weight excluding hydrogens is 274 g/mol. The summed E-state index contributed by atoms with van der Waals surface area (Å²) in [5.41, 5.74) is 0. The van der Waals surface area contributed by atoms with Crippen LogP contribution in [0.3, 0.4) is 0 Å². The van der Waals surface area contributed by atoms with Gasteiger partial charge in [0.05, 0.1) is 6.54 Å². The number of piperazine rings is 1. The first kappa shape index (κ1) is 15.1. The van der Waals surface area contributed by atoms with Gasteiger partial charge in [0.2, 0.25) is 5.95 Å². The standard InChI is InChI=1S/C17H25N5/c1-2-3-9-20-12-14-21(15-13-20)16-7-8-18-17(19-16)22-10-5-4-6-11-22/h7-8H,4-6,9-15H2,1H3. The highest BCUT2D eigenvalue weighted by Gasteiger charge is 2.19. The van der Waals surface area contributed by atoms with Crippen LogP contribution >= 0.6 is 0 Å². The summed E-state index contributed by atoms with van der Waals surface area (Å²) in [7, 11) is 0. The van der Waals surface area contributed by atoms with Gasteiger partial charge in [0.1, 0.15) is 5.82 Å². The topological polar surface area (TPSA) is 35.5 Å². The fourth-order valence-corrected chi connectivity index (χ4v) is 3.09. The predicted molar refractivity (Wildman–Crippen MR) is 90.2 cm³/mol. The van der Waals surface area contributed by atoms with E-state index in [1.807, 2.05) is 19.2 Å². The molecule has 0 N–H and O–H groups in total. The largest absolute Gasteiger partial charge is 0.354 e. The molecule has 2 aliphatic heterocycles. The number of aromatic nitrogens is 2. The number of nitrogens with zero attached hydrogens (tertiary/aromatic N) is 5. The Balaban J connectivity index is 1.61.